The molecule has 4 rings (SSSR count). The highest BCUT2D eigenvalue weighted by Gasteiger charge is 2.33. The fourth-order valence-corrected chi connectivity index (χ4v) is 3.79. The van der Waals surface area contributed by atoms with Crippen LogP contribution in [-0.4, -0.2) is 37.3 Å². The molecule has 7 nitrogen and oxygen atoms in total. The van der Waals surface area contributed by atoms with Crippen LogP contribution in [0.2, 0.25) is 0 Å². The van der Waals surface area contributed by atoms with E-state index < -0.39 is 5.56 Å². The van der Waals surface area contributed by atoms with E-state index in [9.17, 15) is 9.59 Å². The molecule has 0 radical (unpaired) electrons. The number of carbonyl (C=O) groups is 1. The van der Waals surface area contributed by atoms with Crippen molar-refractivity contribution >= 4 is 17.2 Å². The van der Waals surface area contributed by atoms with Crippen molar-refractivity contribution in [2.24, 2.45) is 0 Å². The van der Waals surface area contributed by atoms with Gasteiger partial charge in [0, 0.05) is 30.5 Å². The molecule has 0 saturated carbocycles. The van der Waals surface area contributed by atoms with Crippen LogP contribution in [0.1, 0.15) is 34.2 Å². The molecule has 126 valence electrons. The normalized spacial score (nSPS) is 17.0. The number of aromatic amines is 1. The maximum atomic E-state index is 12.8. The molecule has 1 N–H and O–H groups in total. The first-order chi connectivity index (χ1) is 12.2. The molecule has 25 heavy (non-hydrogen) atoms. The number of carbonyl (C=O) groups excluding carboxylic acids is 1. The first kappa shape index (κ1) is 15.6. The Morgan fingerprint density at radius 3 is 2.88 bits per heavy atom. The third kappa shape index (κ3) is 2.96. The van der Waals surface area contributed by atoms with E-state index in [0.29, 0.717) is 18.1 Å². The lowest BCUT2D eigenvalue weighted by atomic mass is 10.2. The number of nitrogens with one attached hydrogen (secondary N) is 1. The van der Waals surface area contributed by atoms with Crippen molar-refractivity contribution < 1.29 is 4.79 Å². The average molecular weight is 353 g/mol. The molecule has 3 aromatic heterocycles. The van der Waals surface area contributed by atoms with Crippen molar-refractivity contribution in [3.05, 3.63) is 63.1 Å². The molecule has 0 bridgehead atoms. The molecule has 8 heteroatoms. The van der Waals surface area contributed by atoms with Gasteiger partial charge in [-0.05, 0) is 25.0 Å². The van der Waals surface area contributed by atoms with Crippen molar-refractivity contribution in [2.75, 3.05) is 6.54 Å². The van der Waals surface area contributed by atoms with Crippen molar-refractivity contribution in [3.63, 3.8) is 0 Å². The number of thiazole rings is 1. The summed E-state index contributed by atoms with van der Waals surface area (Å²) in [6.07, 6.45) is 6.45. The summed E-state index contributed by atoms with van der Waals surface area (Å²) in [5.74, 6) is 0.0408. The third-order valence-electron chi connectivity index (χ3n) is 4.19. The highest BCUT2D eigenvalue weighted by Crippen LogP contribution is 2.33. The molecule has 1 unspecified atom stereocenters. The molecule has 3 aromatic rings. The Labute approximate surface area is 147 Å². The van der Waals surface area contributed by atoms with E-state index in [1.165, 1.54) is 17.5 Å². The molecular weight excluding hydrogens is 338 g/mol. The maximum Gasteiger partial charge on any atom is 0.264 e. The molecule has 0 aromatic carbocycles. The summed E-state index contributed by atoms with van der Waals surface area (Å²) in [6, 6.07) is 5.27. The van der Waals surface area contributed by atoms with Gasteiger partial charge in [0.2, 0.25) is 0 Å². The van der Waals surface area contributed by atoms with E-state index >= 15 is 0 Å². The van der Waals surface area contributed by atoms with Crippen LogP contribution in [-0.2, 0) is 0 Å². The van der Waals surface area contributed by atoms with Crippen molar-refractivity contribution in [2.45, 2.75) is 18.9 Å². The van der Waals surface area contributed by atoms with Gasteiger partial charge in [0.15, 0.2) is 5.82 Å². The van der Waals surface area contributed by atoms with Crippen LogP contribution >= 0.6 is 11.3 Å². The van der Waals surface area contributed by atoms with Gasteiger partial charge in [0.05, 0.1) is 6.04 Å². The Morgan fingerprint density at radius 1 is 1.24 bits per heavy atom. The fraction of sp³-hybridized carbons (Fsp3) is 0.235. The van der Waals surface area contributed by atoms with Crippen molar-refractivity contribution in [3.8, 4) is 11.5 Å². The topological polar surface area (TPSA) is 91.8 Å². The van der Waals surface area contributed by atoms with Gasteiger partial charge in [0.1, 0.15) is 16.3 Å². The van der Waals surface area contributed by atoms with Gasteiger partial charge < -0.3 is 9.88 Å². The van der Waals surface area contributed by atoms with E-state index in [0.717, 1.165) is 17.8 Å². The summed E-state index contributed by atoms with van der Waals surface area (Å²) in [7, 11) is 0. The van der Waals surface area contributed by atoms with Crippen LogP contribution in [0.15, 0.2) is 47.0 Å². The zero-order valence-electron chi connectivity index (χ0n) is 13.3. The molecule has 1 aliphatic rings. The fourth-order valence-electron chi connectivity index (χ4n) is 3.00. The second-order valence-electron chi connectivity index (χ2n) is 5.72. The van der Waals surface area contributed by atoms with Crippen LogP contribution in [0.3, 0.4) is 0 Å². The number of H-pyrrole nitrogens is 1. The zero-order valence-corrected chi connectivity index (χ0v) is 14.1. The number of hydrogen-bond donors (Lipinski definition) is 1. The summed E-state index contributed by atoms with van der Waals surface area (Å²) < 4.78 is 0. The summed E-state index contributed by atoms with van der Waals surface area (Å²) in [4.78, 5) is 42.3. The Morgan fingerprint density at radius 2 is 2.16 bits per heavy atom. The standard InChI is InChI=1S/C17H15N5O2S/c23-15-11(10-20-14(21-15)12-4-1-2-6-18-12)17(24)22-8-3-5-13(22)16-19-7-9-25-16/h1-2,4,6-7,9-10,13H,3,5,8H2,(H,20,21,23). The van der Waals surface area contributed by atoms with E-state index in [4.69, 9.17) is 0 Å². The molecule has 1 amide bonds. The predicted octanol–water partition coefficient (Wildman–Crippen LogP) is 2.27. The minimum atomic E-state index is -0.453. The molecule has 1 saturated heterocycles. The highest BCUT2D eigenvalue weighted by atomic mass is 32.1. The quantitative estimate of drug-likeness (QED) is 0.780. The van der Waals surface area contributed by atoms with Gasteiger partial charge in [-0.1, -0.05) is 6.07 Å². The lowest BCUT2D eigenvalue weighted by Crippen LogP contribution is -2.34. The number of nitrogens with zero attached hydrogens (tertiary/aromatic N) is 4. The third-order valence-corrected chi connectivity index (χ3v) is 5.06. The second-order valence-corrected chi connectivity index (χ2v) is 6.64. The lowest BCUT2D eigenvalue weighted by Gasteiger charge is -2.22. The monoisotopic (exact) mass is 353 g/mol. The number of amides is 1. The van der Waals surface area contributed by atoms with Crippen LogP contribution in [0.5, 0.6) is 0 Å². The van der Waals surface area contributed by atoms with Crippen LogP contribution in [0.4, 0.5) is 0 Å². The molecule has 0 aliphatic carbocycles. The SMILES string of the molecule is O=C(c1cnc(-c2ccccn2)[nH]c1=O)N1CCCC1c1nccs1. The Hall–Kier alpha value is -2.87. The molecule has 4 heterocycles. The van der Waals surface area contributed by atoms with Crippen LogP contribution in [0.25, 0.3) is 11.5 Å². The Balaban J connectivity index is 1.63. The number of pyridine rings is 1. The van der Waals surface area contributed by atoms with Gasteiger partial charge in [-0.25, -0.2) is 9.97 Å². The Bertz CT molecular complexity index is 939. The predicted molar refractivity (Wildman–Crippen MR) is 93.2 cm³/mol. The summed E-state index contributed by atoms with van der Waals surface area (Å²) >= 11 is 1.53. The molecular formula is C17H15N5O2S. The first-order valence-electron chi connectivity index (χ1n) is 7.95. The molecule has 1 atom stereocenters. The largest absolute Gasteiger partial charge is 0.329 e. The van der Waals surface area contributed by atoms with Gasteiger partial charge in [0.25, 0.3) is 11.5 Å². The van der Waals surface area contributed by atoms with Crippen molar-refractivity contribution in [1.82, 2.24) is 24.8 Å². The maximum absolute atomic E-state index is 12.8. The van der Waals surface area contributed by atoms with E-state index in [-0.39, 0.29) is 17.5 Å². The van der Waals surface area contributed by atoms with Crippen molar-refractivity contribution in [1.29, 1.82) is 0 Å². The van der Waals surface area contributed by atoms with E-state index in [2.05, 4.69) is 19.9 Å². The van der Waals surface area contributed by atoms with Crippen LogP contribution in [0, 0.1) is 0 Å². The highest BCUT2D eigenvalue weighted by molar-refractivity contribution is 7.09. The smallest absolute Gasteiger partial charge is 0.264 e. The van der Waals surface area contributed by atoms with E-state index in [1.54, 1.807) is 29.4 Å². The number of aromatic nitrogens is 4. The first-order valence-corrected chi connectivity index (χ1v) is 8.83. The molecule has 1 fully saturated rings. The van der Waals surface area contributed by atoms with E-state index in [1.807, 2.05) is 11.4 Å². The number of likely N-dealkylation sites (tertiary alicyclic amines) is 1. The summed E-state index contributed by atoms with van der Waals surface area (Å²) in [6.45, 7) is 0.616. The lowest BCUT2D eigenvalue weighted by molar-refractivity contribution is 0.0733. The van der Waals surface area contributed by atoms with Gasteiger partial charge >= 0.3 is 0 Å². The summed E-state index contributed by atoms with van der Waals surface area (Å²) in [5, 5.41) is 2.80. The minimum Gasteiger partial charge on any atom is -0.329 e. The van der Waals surface area contributed by atoms with Gasteiger partial charge in [-0.3, -0.25) is 14.6 Å². The average Bonchev–Trinajstić information content (AvgIpc) is 3.33. The number of rotatable bonds is 3. The number of hydrogen-bond acceptors (Lipinski definition) is 6. The second kappa shape index (κ2) is 6.56. The molecule has 0 spiro atoms. The summed E-state index contributed by atoms with van der Waals surface area (Å²) in [5.41, 5.74) is 0.147. The molecule has 1 aliphatic heterocycles. The van der Waals surface area contributed by atoms with Crippen LogP contribution < -0.4 is 5.56 Å². The minimum absolute atomic E-state index is 0.0446. The zero-order chi connectivity index (χ0) is 17.2. The Kier molecular flexibility index (Phi) is 4.10. The van der Waals surface area contributed by atoms with Gasteiger partial charge in [-0.2, -0.15) is 0 Å². The van der Waals surface area contributed by atoms with Gasteiger partial charge in [-0.15, -0.1) is 11.3 Å².